The van der Waals surface area contributed by atoms with Gasteiger partial charge < -0.3 is 10.5 Å². The predicted octanol–water partition coefficient (Wildman–Crippen LogP) is 3.75. The molecule has 2 nitrogen and oxygen atoms in total. The molecule has 0 aliphatic heterocycles. The molecule has 0 aromatic heterocycles. The van der Waals surface area contributed by atoms with Crippen molar-refractivity contribution < 1.29 is 4.74 Å². The second kappa shape index (κ2) is 5.85. The Morgan fingerprint density at radius 3 is 2.33 bits per heavy atom. The zero-order valence-electron chi connectivity index (χ0n) is 12.6. The van der Waals surface area contributed by atoms with E-state index in [4.69, 9.17) is 10.5 Å². The minimum atomic E-state index is -0.0788. The summed E-state index contributed by atoms with van der Waals surface area (Å²) < 4.78 is 5.89. The van der Waals surface area contributed by atoms with Crippen molar-refractivity contribution in [1.82, 2.24) is 0 Å². The largest absolute Gasteiger partial charge is 0.376 e. The van der Waals surface area contributed by atoms with E-state index in [0.717, 1.165) is 0 Å². The van der Waals surface area contributed by atoms with Gasteiger partial charge >= 0.3 is 0 Å². The highest BCUT2D eigenvalue weighted by Crippen LogP contribution is 2.32. The van der Waals surface area contributed by atoms with Crippen LogP contribution in [0.5, 0.6) is 0 Å². The minimum Gasteiger partial charge on any atom is -0.376 e. The lowest BCUT2D eigenvalue weighted by atomic mass is 9.81. The van der Waals surface area contributed by atoms with Gasteiger partial charge in [-0.3, -0.25) is 0 Å². The fourth-order valence-electron chi connectivity index (χ4n) is 2.35. The van der Waals surface area contributed by atoms with Crippen molar-refractivity contribution in [3.05, 3.63) is 34.9 Å². The molecule has 1 aromatic rings. The molecule has 0 saturated carbocycles. The quantitative estimate of drug-likeness (QED) is 0.882. The average molecular weight is 249 g/mol. The second-order valence-electron chi connectivity index (χ2n) is 6.13. The predicted molar refractivity (Wildman–Crippen MR) is 77.7 cm³/mol. The van der Waals surface area contributed by atoms with Gasteiger partial charge in [0.05, 0.1) is 12.1 Å². The molecule has 2 unspecified atom stereocenters. The number of rotatable bonds is 4. The van der Waals surface area contributed by atoms with Crippen molar-refractivity contribution in [2.45, 2.75) is 53.7 Å². The zero-order chi connectivity index (χ0) is 13.9. The molecule has 0 fully saturated rings. The maximum Gasteiger partial charge on any atom is 0.0815 e. The van der Waals surface area contributed by atoms with Gasteiger partial charge in [0, 0.05) is 6.61 Å². The molecule has 18 heavy (non-hydrogen) atoms. The monoisotopic (exact) mass is 249 g/mol. The van der Waals surface area contributed by atoms with Crippen LogP contribution in [-0.4, -0.2) is 12.7 Å². The number of aryl methyl sites for hydroxylation is 2. The van der Waals surface area contributed by atoms with Gasteiger partial charge in [0.15, 0.2) is 0 Å². The summed E-state index contributed by atoms with van der Waals surface area (Å²) in [5.74, 6) is 0. The first-order chi connectivity index (χ1) is 8.27. The van der Waals surface area contributed by atoms with Gasteiger partial charge in [-0.05, 0) is 37.3 Å². The number of ether oxygens (including phenoxy) is 1. The van der Waals surface area contributed by atoms with E-state index in [9.17, 15) is 0 Å². The average Bonchev–Trinajstić information content (AvgIpc) is 2.27. The van der Waals surface area contributed by atoms with E-state index >= 15 is 0 Å². The van der Waals surface area contributed by atoms with Gasteiger partial charge in [-0.15, -0.1) is 0 Å². The first kappa shape index (κ1) is 15.2. The molecule has 2 N–H and O–H groups in total. The van der Waals surface area contributed by atoms with Crippen LogP contribution in [-0.2, 0) is 4.74 Å². The van der Waals surface area contributed by atoms with Crippen LogP contribution in [0.25, 0.3) is 0 Å². The first-order valence-electron chi connectivity index (χ1n) is 6.71. The summed E-state index contributed by atoms with van der Waals surface area (Å²) >= 11 is 0. The summed E-state index contributed by atoms with van der Waals surface area (Å²) in [5.41, 5.74) is 10.2. The highest BCUT2D eigenvalue weighted by atomic mass is 16.5. The lowest BCUT2D eigenvalue weighted by Gasteiger charge is -2.35. The molecule has 0 saturated heterocycles. The Morgan fingerprint density at radius 2 is 1.83 bits per heavy atom. The van der Waals surface area contributed by atoms with Gasteiger partial charge in [0.1, 0.15) is 0 Å². The van der Waals surface area contributed by atoms with E-state index in [1.807, 2.05) is 6.92 Å². The molecule has 0 aliphatic rings. The summed E-state index contributed by atoms with van der Waals surface area (Å²) in [4.78, 5) is 0. The molecule has 0 aliphatic carbocycles. The summed E-state index contributed by atoms with van der Waals surface area (Å²) in [6.07, 6.45) is 0.0306. The highest BCUT2D eigenvalue weighted by molar-refractivity contribution is 5.33. The molecule has 102 valence electrons. The fourth-order valence-corrected chi connectivity index (χ4v) is 2.35. The molecule has 1 aromatic carbocycles. The Labute approximate surface area is 112 Å². The first-order valence-corrected chi connectivity index (χ1v) is 6.71. The van der Waals surface area contributed by atoms with Crippen molar-refractivity contribution in [3.63, 3.8) is 0 Å². The van der Waals surface area contributed by atoms with Gasteiger partial charge in [0.2, 0.25) is 0 Å². The molecule has 0 radical (unpaired) electrons. The maximum atomic E-state index is 6.46. The molecule has 0 heterocycles. The Bertz CT molecular complexity index is 393. The molecule has 2 heteroatoms. The smallest absolute Gasteiger partial charge is 0.0815 e. The van der Waals surface area contributed by atoms with Gasteiger partial charge in [0.25, 0.3) is 0 Å². The normalized spacial score (nSPS) is 15.5. The standard InChI is InChI=1S/C16H27NO/c1-7-18-15(16(4,5)6)14(17)13-10-11(2)8-9-12(13)3/h8-10,14-15H,7,17H2,1-6H3. The van der Waals surface area contributed by atoms with Crippen LogP contribution in [0.4, 0.5) is 0 Å². The molecular weight excluding hydrogens is 222 g/mol. The molecule has 0 spiro atoms. The summed E-state index contributed by atoms with van der Waals surface area (Å²) in [6.45, 7) is 13.5. The van der Waals surface area contributed by atoms with Crippen LogP contribution >= 0.6 is 0 Å². The van der Waals surface area contributed by atoms with E-state index in [2.05, 4.69) is 52.8 Å². The summed E-state index contributed by atoms with van der Waals surface area (Å²) in [5, 5.41) is 0. The van der Waals surface area contributed by atoms with Crippen molar-refractivity contribution in [2.24, 2.45) is 11.1 Å². The number of nitrogens with two attached hydrogens (primary N) is 1. The highest BCUT2D eigenvalue weighted by Gasteiger charge is 2.32. The van der Waals surface area contributed by atoms with Crippen LogP contribution in [0.1, 0.15) is 50.4 Å². The third-order valence-electron chi connectivity index (χ3n) is 3.32. The topological polar surface area (TPSA) is 35.2 Å². The molecule has 0 bridgehead atoms. The molecular formula is C16H27NO. The third kappa shape index (κ3) is 3.56. The summed E-state index contributed by atoms with van der Waals surface area (Å²) in [7, 11) is 0. The van der Waals surface area contributed by atoms with E-state index in [1.165, 1.54) is 16.7 Å². The molecule has 2 atom stereocenters. The van der Waals surface area contributed by atoms with Crippen LogP contribution in [0.15, 0.2) is 18.2 Å². The lowest BCUT2D eigenvalue weighted by molar-refractivity contribution is -0.0284. The Kier molecular flexibility index (Phi) is 4.94. The zero-order valence-corrected chi connectivity index (χ0v) is 12.6. The number of benzene rings is 1. The maximum absolute atomic E-state index is 6.46. The van der Waals surface area contributed by atoms with Gasteiger partial charge in [-0.25, -0.2) is 0 Å². The van der Waals surface area contributed by atoms with Crippen molar-refractivity contribution in [1.29, 1.82) is 0 Å². The van der Waals surface area contributed by atoms with Crippen molar-refractivity contribution >= 4 is 0 Å². The van der Waals surface area contributed by atoms with Gasteiger partial charge in [-0.1, -0.05) is 44.5 Å². The van der Waals surface area contributed by atoms with Crippen LogP contribution < -0.4 is 5.73 Å². The SMILES string of the molecule is CCOC(C(N)c1cc(C)ccc1C)C(C)(C)C. The second-order valence-corrected chi connectivity index (χ2v) is 6.13. The van der Waals surface area contributed by atoms with E-state index in [-0.39, 0.29) is 17.6 Å². The lowest BCUT2D eigenvalue weighted by Crippen LogP contribution is -2.39. The Morgan fingerprint density at radius 1 is 1.22 bits per heavy atom. The van der Waals surface area contributed by atoms with E-state index in [0.29, 0.717) is 6.61 Å². The molecule has 1 rings (SSSR count). The van der Waals surface area contributed by atoms with E-state index in [1.54, 1.807) is 0 Å². The fraction of sp³-hybridized carbons (Fsp3) is 0.625. The van der Waals surface area contributed by atoms with Crippen molar-refractivity contribution in [3.8, 4) is 0 Å². The Hall–Kier alpha value is -0.860. The number of hydrogen-bond donors (Lipinski definition) is 1. The third-order valence-corrected chi connectivity index (χ3v) is 3.32. The number of hydrogen-bond acceptors (Lipinski definition) is 2. The van der Waals surface area contributed by atoms with Crippen LogP contribution in [0.3, 0.4) is 0 Å². The summed E-state index contributed by atoms with van der Waals surface area (Å²) in [6, 6.07) is 6.36. The van der Waals surface area contributed by atoms with Crippen LogP contribution in [0, 0.1) is 19.3 Å². The minimum absolute atomic E-state index is 0.0306. The Balaban J connectivity index is 3.09. The van der Waals surface area contributed by atoms with Gasteiger partial charge in [-0.2, -0.15) is 0 Å². The molecule has 0 amide bonds. The van der Waals surface area contributed by atoms with Crippen molar-refractivity contribution in [2.75, 3.05) is 6.61 Å². The van der Waals surface area contributed by atoms with Crippen LogP contribution in [0.2, 0.25) is 0 Å². The van der Waals surface area contributed by atoms with E-state index < -0.39 is 0 Å².